The summed E-state index contributed by atoms with van der Waals surface area (Å²) in [6.45, 7) is 3.33. The van der Waals surface area contributed by atoms with Crippen LogP contribution in [0, 0.1) is 0 Å². The Morgan fingerprint density at radius 1 is 0.600 bits per heavy atom. The van der Waals surface area contributed by atoms with Crippen molar-refractivity contribution in [2.45, 2.75) is 36.5 Å². The number of phenolic OH excluding ortho intramolecular Hbond substituents is 1. The van der Waals surface area contributed by atoms with Crippen LogP contribution in [0.2, 0.25) is 10.0 Å². The molecule has 0 bridgehead atoms. The summed E-state index contributed by atoms with van der Waals surface area (Å²) in [5, 5.41) is 48.2. The molecule has 0 radical (unpaired) electrons. The maximum atomic E-state index is 13.4. The number of azo groups is 2. The van der Waals surface area contributed by atoms with E-state index in [0.29, 0.717) is 44.4 Å². The second kappa shape index (κ2) is 25.0. The minimum absolute atomic E-state index is 0. The number of fused-ring (bicyclic) bond motifs is 2. The largest absolute Gasteiger partial charge is 2.00 e. The monoisotopic (exact) mass is 1210 g/mol. The molecule has 18 nitrogen and oxygen atoms in total. The van der Waals surface area contributed by atoms with Gasteiger partial charge in [-0.3, -0.25) is 14.1 Å². The third kappa shape index (κ3) is 13.3. The Labute approximate surface area is 481 Å². The molecule has 75 heavy (non-hydrogen) atoms. The topological polar surface area (TPSA) is 281 Å². The van der Waals surface area contributed by atoms with E-state index in [1.807, 2.05) is 0 Å². The van der Waals surface area contributed by atoms with Gasteiger partial charge in [-0.05, 0) is 120 Å². The van der Waals surface area contributed by atoms with Crippen LogP contribution < -0.4 is 25.2 Å². The first-order chi connectivity index (χ1) is 35.3. The molecular weight excluding hydrogens is 1170 g/mol. The molecule has 0 aromatic heterocycles. The Morgan fingerprint density at radius 2 is 1.01 bits per heavy atom. The average Bonchev–Trinajstić information content (AvgIpc) is 3.38. The standard InChI is InChI=1S/2C26H22ClN3O6S.Ba/c2*1-3-18-21(27)12-13-22(25(18)37(33,34)35)29-30-23-19-7-5-4-6-15(19)14-20(24(23)31)26(32)28-16-8-10-17(36-2)11-9-16;/h2*4-14,31H,3H2,1-2H3,(H,28,32)(H,33,34,35);/q;;+2/p-2. The van der Waals surface area contributed by atoms with Crippen LogP contribution in [0.25, 0.3) is 21.5 Å². The van der Waals surface area contributed by atoms with Crippen molar-refractivity contribution in [3.8, 4) is 23.0 Å². The van der Waals surface area contributed by atoms with Gasteiger partial charge in [-0.1, -0.05) is 91.3 Å². The number of carbonyl (C=O) groups is 2. The SMILES string of the molecule is CCc1c(Cl)ccc(N=Nc2c(O)c(C(=O)Nc3ccc(OC)cc3)cc3ccccc23)c1S(=O)(=O)O.CCc1c(Cl)ccc(N=Nc2c([O-])c(C(=O)Nc3ccc(OC)cc3)cc3ccccc23)c1S(=O)(=O)[O-].[Ba+2]. The minimum atomic E-state index is -4.96. The first-order valence-corrected chi connectivity index (χ1v) is 25.7. The first kappa shape index (κ1) is 57.9. The fourth-order valence-corrected chi connectivity index (χ4v) is 10.2. The number of aromatic hydroxyl groups is 1. The average molecular weight is 1220 g/mol. The van der Waals surface area contributed by atoms with Crippen LogP contribution in [0.15, 0.2) is 164 Å². The maximum absolute atomic E-state index is 13.4. The number of carbonyl (C=O) groups excluding carboxylic acids is 2. The number of amides is 2. The van der Waals surface area contributed by atoms with Gasteiger partial charge >= 0.3 is 48.9 Å². The van der Waals surface area contributed by atoms with Crippen LogP contribution in [-0.2, 0) is 33.1 Å². The van der Waals surface area contributed by atoms with Crippen LogP contribution in [0.4, 0.5) is 34.1 Å². The predicted octanol–water partition coefficient (Wildman–Crippen LogP) is 12.0. The van der Waals surface area contributed by atoms with Crippen molar-refractivity contribution >= 4 is 160 Å². The Kier molecular flexibility index (Phi) is 19.3. The van der Waals surface area contributed by atoms with Gasteiger partial charge in [-0.15, -0.1) is 15.3 Å². The van der Waals surface area contributed by atoms with E-state index in [0.717, 1.165) is 0 Å². The fraction of sp³-hybridized carbons (Fsp3) is 0.115. The molecule has 4 N–H and O–H groups in total. The van der Waals surface area contributed by atoms with Gasteiger partial charge in [-0.25, -0.2) is 8.42 Å². The summed E-state index contributed by atoms with van der Waals surface area (Å²) in [4.78, 5) is 25.0. The second-order valence-electron chi connectivity index (χ2n) is 15.8. The number of ether oxygens (including phenoxy) is 2. The molecule has 0 atom stereocenters. The van der Waals surface area contributed by atoms with Crippen molar-refractivity contribution in [1.29, 1.82) is 0 Å². The number of nitrogens with one attached hydrogen (secondary N) is 2. The van der Waals surface area contributed by atoms with E-state index in [-0.39, 0.29) is 117 Å². The Morgan fingerprint density at radius 3 is 1.47 bits per heavy atom. The molecule has 0 unspecified atom stereocenters. The number of anilines is 2. The molecule has 2 amide bonds. The Balaban J connectivity index is 0.000000241. The number of hydrogen-bond donors (Lipinski definition) is 4. The molecule has 8 aromatic rings. The van der Waals surface area contributed by atoms with Crippen LogP contribution in [0.3, 0.4) is 0 Å². The molecule has 8 rings (SSSR count). The number of phenols is 1. The number of methoxy groups -OCH3 is 2. The van der Waals surface area contributed by atoms with E-state index in [1.165, 1.54) is 50.6 Å². The summed E-state index contributed by atoms with van der Waals surface area (Å²) in [5.74, 6) is -1.21. The van der Waals surface area contributed by atoms with Gasteiger partial charge in [-0.2, -0.15) is 13.5 Å². The molecule has 8 aromatic carbocycles. The maximum Gasteiger partial charge on any atom is 2.00 e. The zero-order chi connectivity index (χ0) is 53.5. The normalized spacial score (nSPS) is 11.5. The van der Waals surface area contributed by atoms with E-state index in [1.54, 1.807) is 111 Å². The van der Waals surface area contributed by atoms with Crippen molar-refractivity contribution in [2.75, 3.05) is 24.9 Å². The predicted molar refractivity (Wildman–Crippen MR) is 284 cm³/mol. The van der Waals surface area contributed by atoms with Gasteiger partial charge in [0.05, 0.1) is 30.4 Å². The second-order valence-corrected chi connectivity index (χ2v) is 19.3. The summed E-state index contributed by atoms with van der Waals surface area (Å²) in [7, 11) is -6.60. The first-order valence-electron chi connectivity index (χ1n) is 22.1. The quantitative estimate of drug-likeness (QED) is 0.0449. The van der Waals surface area contributed by atoms with E-state index >= 15 is 0 Å². The molecule has 380 valence electrons. The Bertz CT molecular complexity index is 3530. The van der Waals surface area contributed by atoms with Crippen molar-refractivity contribution in [3.05, 3.63) is 166 Å². The zero-order valence-corrected chi connectivity index (χ0v) is 47.7. The minimum Gasteiger partial charge on any atom is -0.870 e. The summed E-state index contributed by atoms with van der Waals surface area (Å²) >= 11 is 12.2. The summed E-state index contributed by atoms with van der Waals surface area (Å²) in [5.41, 5.74) is 0.304. The van der Waals surface area contributed by atoms with E-state index in [2.05, 4.69) is 31.1 Å². The molecule has 0 fully saturated rings. The third-order valence-corrected chi connectivity index (χ3v) is 13.9. The van der Waals surface area contributed by atoms with Gasteiger partial charge in [0.25, 0.3) is 21.9 Å². The third-order valence-electron chi connectivity index (χ3n) is 11.3. The molecule has 0 saturated carbocycles. The molecule has 0 saturated heterocycles. The fourth-order valence-electron chi connectivity index (χ4n) is 7.69. The number of halogens is 2. The molecule has 0 aliphatic carbocycles. The van der Waals surface area contributed by atoms with Gasteiger partial charge in [0.2, 0.25) is 0 Å². The van der Waals surface area contributed by atoms with Crippen molar-refractivity contribution in [1.82, 2.24) is 0 Å². The van der Waals surface area contributed by atoms with Crippen molar-refractivity contribution < 1.29 is 55.2 Å². The van der Waals surface area contributed by atoms with Gasteiger partial charge in [0.15, 0.2) is 5.75 Å². The summed E-state index contributed by atoms with van der Waals surface area (Å²) in [6.07, 6.45) is 0.377. The number of hydrogen-bond acceptors (Lipinski definition) is 15. The van der Waals surface area contributed by atoms with Crippen LogP contribution in [-0.4, -0.2) is 106 Å². The van der Waals surface area contributed by atoms with Gasteiger partial charge < -0.3 is 34.9 Å². The summed E-state index contributed by atoms with van der Waals surface area (Å²) in [6, 6.07) is 35.2. The molecule has 0 aliphatic rings. The van der Waals surface area contributed by atoms with E-state index in [4.69, 9.17) is 32.7 Å². The smallest absolute Gasteiger partial charge is 0.870 e. The number of rotatable bonds is 14. The molecule has 0 aliphatic heterocycles. The summed E-state index contributed by atoms with van der Waals surface area (Å²) < 4.78 is 80.3. The Hall–Kier alpha value is -6.41. The number of benzene rings is 8. The van der Waals surface area contributed by atoms with Gasteiger partial charge in [0.1, 0.15) is 43.6 Å². The van der Waals surface area contributed by atoms with Crippen molar-refractivity contribution in [2.24, 2.45) is 20.5 Å². The van der Waals surface area contributed by atoms with Gasteiger partial charge in [0, 0.05) is 37.8 Å². The number of nitrogens with zero attached hydrogens (tertiary/aromatic N) is 4. The molecule has 0 heterocycles. The van der Waals surface area contributed by atoms with E-state index in [9.17, 15) is 45.7 Å². The molecule has 0 spiro atoms. The molecule has 23 heteroatoms. The van der Waals surface area contributed by atoms with E-state index < -0.39 is 53.3 Å². The zero-order valence-electron chi connectivity index (χ0n) is 40.2. The van der Waals surface area contributed by atoms with Crippen LogP contribution in [0.5, 0.6) is 23.0 Å². The van der Waals surface area contributed by atoms with Crippen molar-refractivity contribution in [3.63, 3.8) is 0 Å². The van der Waals surface area contributed by atoms with Crippen LogP contribution >= 0.6 is 23.2 Å². The van der Waals surface area contributed by atoms with Crippen LogP contribution in [0.1, 0.15) is 45.7 Å². The molecular formula is C52H42BaCl2N6O12S2.